The summed E-state index contributed by atoms with van der Waals surface area (Å²) >= 11 is 5.09. The van der Waals surface area contributed by atoms with Gasteiger partial charge < -0.3 is 10.8 Å². The molecule has 1 aromatic carbocycles. The Balaban J connectivity index is 2.28. The standard InChI is InChI=1S/C11H10BrNOS/c12-10-5-4-8(15-10)6-7-2-1-3-9(14)11(7)13/h1-5,14H,6,13H2. The first-order valence-corrected chi connectivity index (χ1v) is 6.08. The Hall–Kier alpha value is -1.000. The number of rotatable bonds is 2. The van der Waals surface area contributed by atoms with E-state index in [4.69, 9.17) is 5.73 Å². The van der Waals surface area contributed by atoms with Gasteiger partial charge in [0, 0.05) is 11.3 Å². The van der Waals surface area contributed by atoms with Crippen molar-refractivity contribution < 1.29 is 5.11 Å². The lowest BCUT2D eigenvalue weighted by Crippen LogP contribution is -1.94. The molecule has 0 aliphatic rings. The highest BCUT2D eigenvalue weighted by Crippen LogP contribution is 2.29. The van der Waals surface area contributed by atoms with Gasteiger partial charge in [0.25, 0.3) is 0 Å². The SMILES string of the molecule is Nc1c(O)cccc1Cc1ccc(Br)s1. The first-order chi connectivity index (χ1) is 7.16. The molecule has 1 heterocycles. The molecule has 2 rings (SSSR count). The lowest BCUT2D eigenvalue weighted by molar-refractivity contribution is 0.477. The smallest absolute Gasteiger partial charge is 0.138 e. The van der Waals surface area contributed by atoms with Crippen molar-refractivity contribution in [3.05, 3.63) is 44.6 Å². The summed E-state index contributed by atoms with van der Waals surface area (Å²) in [6, 6.07) is 9.41. The molecule has 0 unspecified atom stereocenters. The molecule has 0 spiro atoms. The van der Waals surface area contributed by atoms with E-state index in [1.54, 1.807) is 17.4 Å². The quantitative estimate of drug-likeness (QED) is 0.656. The number of hydrogen-bond acceptors (Lipinski definition) is 3. The second-order valence-electron chi connectivity index (χ2n) is 3.23. The van der Waals surface area contributed by atoms with Crippen LogP contribution < -0.4 is 5.73 Å². The van der Waals surface area contributed by atoms with Crippen LogP contribution in [0, 0.1) is 0 Å². The first-order valence-electron chi connectivity index (χ1n) is 4.47. The summed E-state index contributed by atoms with van der Waals surface area (Å²) in [6.45, 7) is 0. The van der Waals surface area contributed by atoms with Crippen molar-refractivity contribution in [3.63, 3.8) is 0 Å². The minimum atomic E-state index is 0.156. The van der Waals surface area contributed by atoms with Crippen LogP contribution in [0.1, 0.15) is 10.4 Å². The number of hydrogen-bond donors (Lipinski definition) is 2. The van der Waals surface area contributed by atoms with Crippen LogP contribution >= 0.6 is 27.3 Å². The van der Waals surface area contributed by atoms with Gasteiger partial charge >= 0.3 is 0 Å². The summed E-state index contributed by atoms with van der Waals surface area (Å²) < 4.78 is 1.11. The Bertz CT molecular complexity index is 481. The highest BCUT2D eigenvalue weighted by Gasteiger charge is 2.05. The number of anilines is 1. The van der Waals surface area contributed by atoms with Crippen LogP contribution in [-0.4, -0.2) is 5.11 Å². The monoisotopic (exact) mass is 283 g/mol. The van der Waals surface area contributed by atoms with Crippen molar-refractivity contribution in [3.8, 4) is 5.75 Å². The number of nitrogen functional groups attached to an aromatic ring is 1. The van der Waals surface area contributed by atoms with E-state index in [0.717, 1.165) is 15.8 Å². The van der Waals surface area contributed by atoms with Gasteiger partial charge in [-0.1, -0.05) is 12.1 Å². The van der Waals surface area contributed by atoms with Gasteiger partial charge in [-0.25, -0.2) is 0 Å². The van der Waals surface area contributed by atoms with E-state index < -0.39 is 0 Å². The predicted molar refractivity (Wildman–Crippen MR) is 67.3 cm³/mol. The zero-order valence-corrected chi connectivity index (χ0v) is 10.3. The lowest BCUT2D eigenvalue weighted by atomic mass is 10.1. The van der Waals surface area contributed by atoms with E-state index in [0.29, 0.717) is 5.69 Å². The number of halogens is 1. The van der Waals surface area contributed by atoms with Gasteiger partial charge in [0.1, 0.15) is 5.75 Å². The van der Waals surface area contributed by atoms with Crippen molar-refractivity contribution in [1.29, 1.82) is 0 Å². The van der Waals surface area contributed by atoms with Gasteiger partial charge in [-0.3, -0.25) is 0 Å². The molecule has 0 saturated carbocycles. The molecule has 3 N–H and O–H groups in total. The zero-order valence-electron chi connectivity index (χ0n) is 7.90. The number of benzene rings is 1. The molecule has 2 nitrogen and oxygen atoms in total. The number of aromatic hydroxyl groups is 1. The maximum atomic E-state index is 9.45. The Kier molecular flexibility index (Phi) is 2.98. The number of para-hydroxylation sites is 1. The largest absolute Gasteiger partial charge is 0.506 e. The normalized spacial score (nSPS) is 10.5. The topological polar surface area (TPSA) is 46.2 Å². The number of thiophene rings is 1. The van der Waals surface area contributed by atoms with Gasteiger partial charge in [0.15, 0.2) is 0 Å². The molecule has 15 heavy (non-hydrogen) atoms. The van der Waals surface area contributed by atoms with E-state index in [9.17, 15) is 5.11 Å². The molecule has 0 atom stereocenters. The second-order valence-corrected chi connectivity index (χ2v) is 5.78. The molecule has 0 saturated heterocycles. The van der Waals surface area contributed by atoms with E-state index in [1.165, 1.54) is 4.88 Å². The molecule has 4 heteroatoms. The third kappa shape index (κ3) is 2.33. The number of phenolic OH excluding ortho intramolecular Hbond substituents is 1. The van der Waals surface area contributed by atoms with Crippen molar-refractivity contribution in [2.45, 2.75) is 6.42 Å². The average Bonchev–Trinajstić information content (AvgIpc) is 2.59. The van der Waals surface area contributed by atoms with E-state index >= 15 is 0 Å². The molecule has 0 amide bonds. The van der Waals surface area contributed by atoms with Crippen LogP contribution in [0.15, 0.2) is 34.1 Å². The minimum Gasteiger partial charge on any atom is -0.506 e. The third-order valence-corrected chi connectivity index (χ3v) is 3.79. The Labute approximate surface area is 100 Å². The van der Waals surface area contributed by atoms with Gasteiger partial charge in [-0.15, -0.1) is 11.3 Å². The fourth-order valence-corrected chi connectivity index (χ4v) is 2.89. The molecule has 0 aliphatic heterocycles. The maximum absolute atomic E-state index is 9.45. The van der Waals surface area contributed by atoms with Crippen molar-refractivity contribution in [2.24, 2.45) is 0 Å². The summed E-state index contributed by atoms with van der Waals surface area (Å²) in [4.78, 5) is 1.22. The first kappa shape index (κ1) is 10.5. The molecular weight excluding hydrogens is 274 g/mol. The molecule has 1 aromatic heterocycles. The fraction of sp³-hybridized carbons (Fsp3) is 0.0909. The van der Waals surface area contributed by atoms with E-state index in [2.05, 4.69) is 22.0 Å². The number of phenols is 1. The van der Waals surface area contributed by atoms with Gasteiger partial charge in [0.2, 0.25) is 0 Å². The fourth-order valence-electron chi connectivity index (χ4n) is 1.39. The van der Waals surface area contributed by atoms with Gasteiger partial charge in [0.05, 0.1) is 9.47 Å². The number of nitrogens with two attached hydrogens (primary N) is 1. The van der Waals surface area contributed by atoms with E-state index in [1.807, 2.05) is 18.2 Å². The van der Waals surface area contributed by atoms with Crippen molar-refractivity contribution in [2.75, 3.05) is 5.73 Å². The third-order valence-electron chi connectivity index (χ3n) is 2.17. The van der Waals surface area contributed by atoms with Crippen molar-refractivity contribution in [1.82, 2.24) is 0 Å². The van der Waals surface area contributed by atoms with Crippen LogP contribution in [-0.2, 0) is 6.42 Å². The summed E-state index contributed by atoms with van der Waals surface area (Å²) in [5.74, 6) is 0.156. The highest BCUT2D eigenvalue weighted by molar-refractivity contribution is 9.11. The zero-order chi connectivity index (χ0) is 10.8. The molecule has 0 aliphatic carbocycles. The molecular formula is C11H10BrNOS. The Morgan fingerprint density at radius 2 is 2.07 bits per heavy atom. The van der Waals surface area contributed by atoms with Crippen molar-refractivity contribution >= 4 is 33.0 Å². The minimum absolute atomic E-state index is 0.156. The second kappa shape index (κ2) is 4.24. The Morgan fingerprint density at radius 3 is 2.73 bits per heavy atom. The predicted octanol–water partition coefficient (Wildman–Crippen LogP) is 3.39. The van der Waals surface area contributed by atoms with Gasteiger partial charge in [-0.05, 0) is 39.7 Å². The average molecular weight is 284 g/mol. The van der Waals surface area contributed by atoms with E-state index in [-0.39, 0.29) is 5.75 Å². The molecule has 78 valence electrons. The molecule has 0 fully saturated rings. The summed E-state index contributed by atoms with van der Waals surface area (Å²) in [6.07, 6.45) is 0.760. The van der Waals surface area contributed by atoms with Crippen LogP contribution in [0.2, 0.25) is 0 Å². The summed E-state index contributed by atoms with van der Waals surface area (Å²) in [5, 5.41) is 9.45. The Morgan fingerprint density at radius 1 is 1.27 bits per heavy atom. The lowest BCUT2D eigenvalue weighted by Gasteiger charge is -2.05. The molecule has 2 aromatic rings. The highest BCUT2D eigenvalue weighted by atomic mass is 79.9. The molecule has 0 radical (unpaired) electrons. The van der Waals surface area contributed by atoms with Crippen LogP contribution in [0.4, 0.5) is 5.69 Å². The van der Waals surface area contributed by atoms with Crippen LogP contribution in [0.5, 0.6) is 5.75 Å². The summed E-state index contributed by atoms with van der Waals surface area (Å²) in [7, 11) is 0. The van der Waals surface area contributed by atoms with Gasteiger partial charge in [-0.2, -0.15) is 0 Å². The van der Waals surface area contributed by atoms with Crippen LogP contribution in [0.25, 0.3) is 0 Å². The molecule has 0 bridgehead atoms. The van der Waals surface area contributed by atoms with Crippen LogP contribution in [0.3, 0.4) is 0 Å². The maximum Gasteiger partial charge on any atom is 0.138 e. The summed E-state index contributed by atoms with van der Waals surface area (Å²) in [5.41, 5.74) is 7.22.